The Morgan fingerprint density at radius 2 is 0.962 bits per heavy atom. The summed E-state index contributed by atoms with van der Waals surface area (Å²) in [6.45, 7) is 3.29. The Kier molecular flexibility index (Phi) is 5.99. The minimum Gasteiger partial charge on any atom is -0.374 e. The molecule has 0 unspecified atom stereocenters. The topological polar surface area (TPSA) is 40.6 Å². The summed E-state index contributed by atoms with van der Waals surface area (Å²) < 4.78 is 0. The van der Waals surface area contributed by atoms with Gasteiger partial charge in [0, 0.05) is 61.9 Å². The van der Waals surface area contributed by atoms with E-state index < -0.39 is 0 Å². The zero-order chi connectivity index (χ0) is 18.2. The number of carbonyl (C=O) groups excluding carboxylic acids is 2. The average Bonchev–Trinajstić information content (AvgIpc) is 2.72. The fourth-order valence-corrected chi connectivity index (χ4v) is 2.78. The molecule has 26 heavy (non-hydrogen) atoms. The van der Waals surface area contributed by atoms with E-state index in [1.54, 1.807) is 12.2 Å². The SMILES string of the molecule is O=C(/C=C/N1CCN(/C=C/C(=O)c2ccccc2)CC1)c1ccccc1. The van der Waals surface area contributed by atoms with Crippen LogP contribution in [0, 0.1) is 0 Å². The van der Waals surface area contributed by atoms with Crippen LogP contribution >= 0.6 is 0 Å². The Balaban J connectivity index is 1.47. The summed E-state index contributed by atoms with van der Waals surface area (Å²) in [4.78, 5) is 28.4. The van der Waals surface area contributed by atoms with Crippen LogP contribution in [0.1, 0.15) is 20.7 Å². The van der Waals surface area contributed by atoms with Crippen molar-refractivity contribution in [3.8, 4) is 0 Å². The van der Waals surface area contributed by atoms with Gasteiger partial charge < -0.3 is 9.80 Å². The third-order valence-electron chi connectivity index (χ3n) is 4.34. The van der Waals surface area contributed by atoms with Gasteiger partial charge in [0.1, 0.15) is 0 Å². The van der Waals surface area contributed by atoms with E-state index in [1.165, 1.54) is 0 Å². The Hall–Kier alpha value is -3.14. The molecule has 4 nitrogen and oxygen atoms in total. The van der Waals surface area contributed by atoms with Crippen LogP contribution in [0.5, 0.6) is 0 Å². The maximum atomic E-state index is 12.1. The molecule has 1 fully saturated rings. The van der Waals surface area contributed by atoms with Gasteiger partial charge in [-0.2, -0.15) is 0 Å². The molecule has 0 amide bonds. The van der Waals surface area contributed by atoms with E-state index in [4.69, 9.17) is 0 Å². The van der Waals surface area contributed by atoms with Gasteiger partial charge in [-0.1, -0.05) is 60.7 Å². The quantitative estimate of drug-likeness (QED) is 0.594. The summed E-state index contributed by atoms with van der Waals surface area (Å²) in [6.07, 6.45) is 6.98. The molecule has 4 heteroatoms. The third-order valence-corrected chi connectivity index (χ3v) is 4.34. The highest BCUT2D eigenvalue weighted by Gasteiger charge is 2.12. The summed E-state index contributed by atoms with van der Waals surface area (Å²) in [6, 6.07) is 18.5. The normalized spacial score (nSPS) is 14.9. The Labute approximate surface area is 154 Å². The third kappa shape index (κ3) is 4.93. The molecule has 1 aliphatic rings. The lowest BCUT2D eigenvalue weighted by molar-refractivity contribution is 0.103. The highest BCUT2D eigenvalue weighted by Crippen LogP contribution is 2.07. The molecule has 0 radical (unpaired) electrons. The minimum atomic E-state index is 0.0152. The van der Waals surface area contributed by atoms with Crippen molar-refractivity contribution in [3.63, 3.8) is 0 Å². The first-order valence-corrected chi connectivity index (χ1v) is 8.75. The van der Waals surface area contributed by atoms with Crippen molar-refractivity contribution in [2.24, 2.45) is 0 Å². The van der Waals surface area contributed by atoms with Gasteiger partial charge in [-0.05, 0) is 0 Å². The van der Waals surface area contributed by atoms with Gasteiger partial charge in [0.2, 0.25) is 0 Å². The lowest BCUT2D eigenvalue weighted by Gasteiger charge is -2.33. The summed E-state index contributed by atoms with van der Waals surface area (Å²) in [5.41, 5.74) is 1.40. The average molecular weight is 346 g/mol. The van der Waals surface area contributed by atoms with Gasteiger partial charge >= 0.3 is 0 Å². The fraction of sp³-hybridized carbons (Fsp3) is 0.182. The van der Waals surface area contributed by atoms with Crippen molar-refractivity contribution >= 4 is 11.6 Å². The largest absolute Gasteiger partial charge is 0.374 e. The Morgan fingerprint density at radius 1 is 0.615 bits per heavy atom. The number of ketones is 2. The van der Waals surface area contributed by atoms with Crippen LogP contribution in [0.3, 0.4) is 0 Å². The molecule has 1 heterocycles. The molecule has 0 aromatic heterocycles. The van der Waals surface area contributed by atoms with Gasteiger partial charge in [0.25, 0.3) is 0 Å². The van der Waals surface area contributed by atoms with Crippen LogP contribution in [-0.2, 0) is 0 Å². The minimum absolute atomic E-state index is 0.0152. The van der Waals surface area contributed by atoms with E-state index in [0.29, 0.717) is 11.1 Å². The van der Waals surface area contributed by atoms with Crippen molar-refractivity contribution in [2.45, 2.75) is 0 Å². The lowest BCUT2D eigenvalue weighted by Crippen LogP contribution is -2.41. The van der Waals surface area contributed by atoms with E-state index in [2.05, 4.69) is 9.80 Å². The van der Waals surface area contributed by atoms with Crippen LogP contribution in [0.15, 0.2) is 85.2 Å². The van der Waals surface area contributed by atoms with E-state index in [9.17, 15) is 9.59 Å². The van der Waals surface area contributed by atoms with Crippen molar-refractivity contribution in [3.05, 3.63) is 96.3 Å². The molecule has 0 bridgehead atoms. The highest BCUT2D eigenvalue weighted by atomic mass is 16.1. The first kappa shape index (κ1) is 17.7. The second-order valence-electron chi connectivity index (χ2n) is 6.16. The van der Waals surface area contributed by atoms with E-state index in [0.717, 1.165) is 26.2 Å². The molecule has 2 aromatic carbocycles. The lowest BCUT2D eigenvalue weighted by atomic mass is 10.1. The Bertz CT molecular complexity index is 720. The molecule has 0 spiro atoms. The number of rotatable bonds is 6. The summed E-state index contributed by atoms with van der Waals surface area (Å²) in [7, 11) is 0. The smallest absolute Gasteiger partial charge is 0.187 e. The molecule has 1 saturated heterocycles. The predicted molar refractivity (Wildman–Crippen MR) is 103 cm³/mol. The molecule has 0 N–H and O–H groups in total. The van der Waals surface area contributed by atoms with Crippen LogP contribution < -0.4 is 0 Å². The molecule has 1 aliphatic heterocycles. The first-order chi connectivity index (χ1) is 12.7. The maximum absolute atomic E-state index is 12.1. The van der Waals surface area contributed by atoms with Gasteiger partial charge in [-0.25, -0.2) is 0 Å². The number of benzene rings is 2. The van der Waals surface area contributed by atoms with Gasteiger partial charge in [0.15, 0.2) is 11.6 Å². The molecule has 0 aliphatic carbocycles. The number of carbonyl (C=O) groups is 2. The second kappa shape index (κ2) is 8.81. The molecule has 132 valence electrons. The number of piperazine rings is 1. The fourth-order valence-electron chi connectivity index (χ4n) is 2.78. The second-order valence-corrected chi connectivity index (χ2v) is 6.16. The Morgan fingerprint density at radius 3 is 1.31 bits per heavy atom. The molecule has 3 rings (SSSR count). The summed E-state index contributed by atoms with van der Waals surface area (Å²) >= 11 is 0. The number of allylic oxidation sites excluding steroid dienone is 2. The maximum Gasteiger partial charge on any atom is 0.187 e. The molecular weight excluding hydrogens is 324 g/mol. The van der Waals surface area contributed by atoms with Crippen LogP contribution in [0.2, 0.25) is 0 Å². The van der Waals surface area contributed by atoms with Crippen molar-refractivity contribution in [1.29, 1.82) is 0 Å². The van der Waals surface area contributed by atoms with Crippen molar-refractivity contribution in [2.75, 3.05) is 26.2 Å². The monoisotopic (exact) mass is 346 g/mol. The van der Waals surface area contributed by atoms with Gasteiger partial charge in [-0.3, -0.25) is 9.59 Å². The number of hydrogen-bond donors (Lipinski definition) is 0. The highest BCUT2D eigenvalue weighted by molar-refractivity contribution is 6.04. The van der Waals surface area contributed by atoms with E-state index >= 15 is 0 Å². The summed E-state index contributed by atoms with van der Waals surface area (Å²) in [5.74, 6) is 0.0303. The molecule has 0 atom stereocenters. The van der Waals surface area contributed by atoms with Crippen molar-refractivity contribution < 1.29 is 9.59 Å². The van der Waals surface area contributed by atoms with Crippen molar-refractivity contribution in [1.82, 2.24) is 9.80 Å². The zero-order valence-corrected chi connectivity index (χ0v) is 14.6. The summed E-state index contributed by atoms with van der Waals surface area (Å²) in [5, 5.41) is 0. The van der Waals surface area contributed by atoms with E-state index in [1.807, 2.05) is 73.1 Å². The van der Waals surface area contributed by atoms with Crippen LogP contribution in [-0.4, -0.2) is 47.5 Å². The van der Waals surface area contributed by atoms with Crippen LogP contribution in [0.4, 0.5) is 0 Å². The number of nitrogens with zero attached hydrogens (tertiary/aromatic N) is 2. The standard InChI is InChI=1S/C22H22N2O2/c25-21(19-7-3-1-4-8-19)11-13-23-15-17-24(18-16-23)14-12-22(26)20-9-5-2-6-10-20/h1-14H,15-18H2/b13-11+,14-12+. The predicted octanol–water partition coefficient (Wildman–Crippen LogP) is 3.40. The van der Waals surface area contributed by atoms with Gasteiger partial charge in [-0.15, -0.1) is 0 Å². The van der Waals surface area contributed by atoms with E-state index in [-0.39, 0.29) is 11.6 Å². The van der Waals surface area contributed by atoms with Gasteiger partial charge in [0.05, 0.1) is 0 Å². The van der Waals surface area contributed by atoms with Crippen LogP contribution in [0.25, 0.3) is 0 Å². The molecule has 0 saturated carbocycles. The molecule has 2 aromatic rings. The molecular formula is C22H22N2O2. The number of hydrogen-bond acceptors (Lipinski definition) is 4. The first-order valence-electron chi connectivity index (χ1n) is 8.75. The zero-order valence-electron chi connectivity index (χ0n) is 14.6.